The number of aryl methyl sites for hydroxylation is 1. The fraction of sp³-hybridized carbons (Fsp3) is 0.583. The zero-order valence-electron chi connectivity index (χ0n) is 9.75. The van der Waals surface area contributed by atoms with Gasteiger partial charge in [0.05, 0.1) is 5.69 Å². The molecule has 2 N–H and O–H groups in total. The van der Waals surface area contributed by atoms with Crippen molar-refractivity contribution in [2.24, 2.45) is 5.41 Å². The number of anilines is 2. The molecule has 0 aliphatic carbocycles. The molecule has 2 rings (SSSR count). The number of hydrogen-bond donors (Lipinski definition) is 1. The van der Waals surface area contributed by atoms with Gasteiger partial charge in [-0.2, -0.15) is 0 Å². The molecule has 3 nitrogen and oxygen atoms in total. The minimum absolute atomic E-state index is 0.387. The quantitative estimate of drug-likeness (QED) is 0.764. The first-order valence-corrected chi connectivity index (χ1v) is 5.46. The minimum Gasteiger partial charge on any atom is -0.396 e. The van der Waals surface area contributed by atoms with Gasteiger partial charge in [0.15, 0.2) is 5.82 Å². The number of pyridine rings is 1. The van der Waals surface area contributed by atoms with Crippen molar-refractivity contribution in [3.8, 4) is 0 Å². The normalized spacial score (nSPS) is 19.5. The van der Waals surface area contributed by atoms with Crippen molar-refractivity contribution in [3.05, 3.63) is 17.8 Å². The third-order valence-electron chi connectivity index (χ3n) is 3.16. The summed E-state index contributed by atoms with van der Waals surface area (Å²) in [5.74, 6) is 0.959. The van der Waals surface area contributed by atoms with Crippen LogP contribution in [0.25, 0.3) is 0 Å². The van der Waals surface area contributed by atoms with E-state index in [1.807, 2.05) is 19.2 Å². The Balaban J connectivity index is 2.28. The van der Waals surface area contributed by atoms with Crippen LogP contribution in [-0.2, 0) is 0 Å². The molecular formula is C12H19N3. The number of hydrogen-bond acceptors (Lipinski definition) is 3. The molecule has 0 saturated carbocycles. The van der Waals surface area contributed by atoms with E-state index in [0.29, 0.717) is 5.41 Å². The molecule has 0 aromatic carbocycles. The molecule has 3 heteroatoms. The summed E-state index contributed by atoms with van der Waals surface area (Å²) in [7, 11) is 0. The predicted molar refractivity (Wildman–Crippen MR) is 64.0 cm³/mol. The van der Waals surface area contributed by atoms with E-state index in [0.717, 1.165) is 30.2 Å². The van der Waals surface area contributed by atoms with Gasteiger partial charge in [-0.3, -0.25) is 0 Å². The Kier molecular flexibility index (Phi) is 2.33. The summed E-state index contributed by atoms with van der Waals surface area (Å²) >= 11 is 0. The van der Waals surface area contributed by atoms with E-state index in [1.165, 1.54) is 6.42 Å². The zero-order chi connectivity index (χ0) is 11.1. The van der Waals surface area contributed by atoms with Gasteiger partial charge < -0.3 is 10.6 Å². The average molecular weight is 205 g/mol. The molecule has 0 unspecified atom stereocenters. The molecule has 2 heterocycles. The second-order valence-electron chi connectivity index (χ2n) is 5.20. The molecule has 1 aliphatic heterocycles. The van der Waals surface area contributed by atoms with Crippen molar-refractivity contribution in [1.82, 2.24) is 4.98 Å². The Labute approximate surface area is 91.3 Å². The predicted octanol–water partition coefficient (Wildman–Crippen LogP) is 2.21. The maximum absolute atomic E-state index is 6.05. The highest BCUT2D eigenvalue weighted by Crippen LogP contribution is 2.34. The van der Waals surface area contributed by atoms with E-state index in [9.17, 15) is 0 Å². The largest absolute Gasteiger partial charge is 0.396 e. The molecular weight excluding hydrogens is 186 g/mol. The molecule has 0 radical (unpaired) electrons. The monoisotopic (exact) mass is 205 g/mol. The highest BCUT2D eigenvalue weighted by atomic mass is 15.2. The Morgan fingerprint density at radius 1 is 1.47 bits per heavy atom. The number of nitrogens with two attached hydrogens (primary N) is 1. The van der Waals surface area contributed by atoms with Gasteiger partial charge in [-0.1, -0.05) is 13.8 Å². The minimum atomic E-state index is 0.387. The van der Waals surface area contributed by atoms with Gasteiger partial charge in [0.1, 0.15) is 0 Å². The van der Waals surface area contributed by atoms with Gasteiger partial charge in [0, 0.05) is 19.3 Å². The topological polar surface area (TPSA) is 42.2 Å². The maximum atomic E-state index is 6.05. The van der Waals surface area contributed by atoms with Crippen LogP contribution in [0.15, 0.2) is 12.3 Å². The average Bonchev–Trinajstić information content (AvgIpc) is 2.51. The SMILES string of the molecule is Cc1ccnc(N2CCC(C)(C)C2)c1N. The first kappa shape index (κ1) is 10.3. The van der Waals surface area contributed by atoms with Crippen molar-refractivity contribution in [2.45, 2.75) is 27.2 Å². The van der Waals surface area contributed by atoms with Gasteiger partial charge >= 0.3 is 0 Å². The van der Waals surface area contributed by atoms with Crippen LogP contribution in [0.2, 0.25) is 0 Å². The maximum Gasteiger partial charge on any atom is 0.152 e. The summed E-state index contributed by atoms with van der Waals surface area (Å²) < 4.78 is 0. The van der Waals surface area contributed by atoms with Crippen molar-refractivity contribution >= 4 is 11.5 Å². The third kappa shape index (κ3) is 1.91. The lowest BCUT2D eigenvalue weighted by atomic mass is 9.93. The summed E-state index contributed by atoms with van der Waals surface area (Å²) in [5, 5.41) is 0. The van der Waals surface area contributed by atoms with E-state index in [4.69, 9.17) is 5.73 Å². The Morgan fingerprint density at radius 3 is 2.80 bits per heavy atom. The lowest BCUT2D eigenvalue weighted by Crippen LogP contribution is -2.24. The standard InChI is InChI=1S/C12H19N3/c1-9-4-6-14-11(10(9)13)15-7-5-12(2,3)8-15/h4,6H,5,7-8,13H2,1-3H3. The van der Waals surface area contributed by atoms with Crippen LogP contribution in [0.1, 0.15) is 25.8 Å². The van der Waals surface area contributed by atoms with Crippen molar-refractivity contribution in [1.29, 1.82) is 0 Å². The van der Waals surface area contributed by atoms with E-state index in [1.54, 1.807) is 0 Å². The molecule has 0 bridgehead atoms. The number of aromatic nitrogens is 1. The third-order valence-corrected chi connectivity index (χ3v) is 3.16. The smallest absolute Gasteiger partial charge is 0.152 e. The molecule has 1 aromatic rings. The van der Waals surface area contributed by atoms with Crippen molar-refractivity contribution in [3.63, 3.8) is 0 Å². The number of nitrogens with zero attached hydrogens (tertiary/aromatic N) is 2. The zero-order valence-corrected chi connectivity index (χ0v) is 9.75. The van der Waals surface area contributed by atoms with E-state index >= 15 is 0 Å². The van der Waals surface area contributed by atoms with Gasteiger partial charge in [-0.25, -0.2) is 4.98 Å². The summed E-state index contributed by atoms with van der Waals surface area (Å²) in [6.45, 7) is 8.72. The van der Waals surface area contributed by atoms with Crippen LogP contribution in [-0.4, -0.2) is 18.1 Å². The first-order chi connectivity index (χ1) is 6.99. The van der Waals surface area contributed by atoms with Crippen LogP contribution >= 0.6 is 0 Å². The Morgan fingerprint density at radius 2 is 2.20 bits per heavy atom. The number of nitrogen functional groups attached to an aromatic ring is 1. The van der Waals surface area contributed by atoms with Crippen LogP contribution in [0, 0.1) is 12.3 Å². The van der Waals surface area contributed by atoms with Crippen molar-refractivity contribution in [2.75, 3.05) is 23.7 Å². The lowest BCUT2D eigenvalue weighted by molar-refractivity contribution is 0.418. The van der Waals surface area contributed by atoms with E-state index in [-0.39, 0.29) is 0 Å². The second-order valence-corrected chi connectivity index (χ2v) is 5.20. The van der Waals surface area contributed by atoms with Crippen LogP contribution in [0.3, 0.4) is 0 Å². The fourth-order valence-corrected chi connectivity index (χ4v) is 2.10. The molecule has 1 aliphatic rings. The molecule has 0 atom stereocenters. The van der Waals surface area contributed by atoms with Crippen LogP contribution < -0.4 is 10.6 Å². The second kappa shape index (κ2) is 3.40. The highest BCUT2D eigenvalue weighted by molar-refractivity contribution is 5.66. The molecule has 82 valence electrons. The number of rotatable bonds is 1. The first-order valence-electron chi connectivity index (χ1n) is 5.46. The van der Waals surface area contributed by atoms with Gasteiger partial charge in [0.2, 0.25) is 0 Å². The summed E-state index contributed by atoms with van der Waals surface area (Å²) in [5.41, 5.74) is 8.38. The molecule has 0 spiro atoms. The molecule has 1 fully saturated rings. The van der Waals surface area contributed by atoms with Crippen molar-refractivity contribution < 1.29 is 0 Å². The molecule has 15 heavy (non-hydrogen) atoms. The van der Waals surface area contributed by atoms with Gasteiger partial charge in [-0.15, -0.1) is 0 Å². The fourth-order valence-electron chi connectivity index (χ4n) is 2.10. The lowest BCUT2D eigenvalue weighted by Gasteiger charge is -2.22. The van der Waals surface area contributed by atoms with Crippen LogP contribution in [0.4, 0.5) is 11.5 Å². The van der Waals surface area contributed by atoms with Crippen LogP contribution in [0.5, 0.6) is 0 Å². The van der Waals surface area contributed by atoms with Gasteiger partial charge in [0.25, 0.3) is 0 Å². The Hall–Kier alpha value is -1.25. The summed E-state index contributed by atoms with van der Waals surface area (Å²) in [6.07, 6.45) is 3.05. The van der Waals surface area contributed by atoms with Gasteiger partial charge in [-0.05, 0) is 30.4 Å². The molecule has 1 aromatic heterocycles. The summed E-state index contributed by atoms with van der Waals surface area (Å²) in [4.78, 5) is 6.68. The summed E-state index contributed by atoms with van der Waals surface area (Å²) in [6, 6.07) is 1.96. The molecule has 0 amide bonds. The Bertz CT molecular complexity index is 371. The highest BCUT2D eigenvalue weighted by Gasteiger charge is 2.30. The van der Waals surface area contributed by atoms with E-state index in [2.05, 4.69) is 23.7 Å². The van der Waals surface area contributed by atoms with E-state index < -0.39 is 0 Å². The molecule has 1 saturated heterocycles.